The summed E-state index contributed by atoms with van der Waals surface area (Å²) in [7, 11) is 0. The number of nitrogens with zero attached hydrogens (tertiary/aromatic N) is 1. The average molecular weight is 294 g/mol. The standard InChI is InChI=1S/C18H18N2S/c1-12(2)13-8-10-15(11-9-13)17-19-16(18(21)20-17)14-6-4-3-5-7-14/h3-12,16H,1-2H3,(H,19,20,21). The first-order chi connectivity index (χ1) is 10.1. The molecule has 0 spiro atoms. The average Bonchev–Trinajstić information content (AvgIpc) is 2.90. The van der Waals surface area contributed by atoms with Crippen LogP contribution in [-0.2, 0) is 0 Å². The van der Waals surface area contributed by atoms with E-state index in [4.69, 9.17) is 17.2 Å². The van der Waals surface area contributed by atoms with Crippen LogP contribution in [0.4, 0.5) is 0 Å². The Bertz CT molecular complexity index is 672. The summed E-state index contributed by atoms with van der Waals surface area (Å²) in [5.41, 5.74) is 3.54. The molecular weight excluding hydrogens is 276 g/mol. The topological polar surface area (TPSA) is 24.4 Å². The Balaban J connectivity index is 1.88. The number of thiocarbonyl (C=S) groups is 1. The van der Waals surface area contributed by atoms with Crippen LogP contribution in [0, 0.1) is 0 Å². The van der Waals surface area contributed by atoms with Crippen LogP contribution in [-0.4, -0.2) is 10.8 Å². The molecule has 2 aromatic carbocycles. The molecule has 0 bridgehead atoms. The van der Waals surface area contributed by atoms with E-state index in [0.717, 1.165) is 22.0 Å². The molecule has 1 heterocycles. The summed E-state index contributed by atoms with van der Waals surface area (Å²) < 4.78 is 0. The van der Waals surface area contributed by atoms with Gasteiger partial charge in [-0.2, -0.15) is 0 Å². The van der Waals surface area contributed by atoms with E-state index in [9.17, 15) is 0 Å². The molecule has 0 saturated heterocycles. The van der Waals surface area contributed by atoms with E-state index in [1.807, 2.05) is 18.2 Å². The van der Waals surface area contributed by atoms with Crippen molar-refractivity contribution in [1.82, 2.24) is 5.32 Å². The molecule has 3 rings (SSSR count). The van der Waals surface area contributed by atoms with Gasteiger partial charge in [0, 0.05) is 5.56 Å². The lowest BCUT2D eigenvalue weighted by molar-refractivity contribution is 0.866. The molecule has 3 heteroatoms. The third kappa shape index (κ3) is 2.88. The molecule has 0 fully saturated rings. The molecule has 1 aliphatic heterocycles. The van der Waals surface area contributed by atoms with Gasteiger partial charge in [0.05, 0.1) is 0 Å². The van der Waals surface area contributed by atoms with E-state index in [1.165, 1.54) is 5.56 Å². The van der Waals surface area contributed by atoms with Crippen molar-refractivity contribution in [2.24, 2.45) is 4.99 Å². The first-order valence-electron chi connectivity index (χ1n) is 7.19. The second-order valence-corrected chi connectivity index (χ2v) is 6.00. The van der Waals surface area contributed by atoms with Gasteiger partial charge >= 0.3 is 0 Å². The second kappa shape index (κ2) is 5.78. The molecule has 0 amide bonds. The van der Waals surface area contributed by atoms with Crippen molar-refractivity contribution >= 4 is 23.0 Å². The van der Waals surface area contributed by atoms with Gasteiger partial charge in [0.25, 0.3) is 0 Å². The van der Waals surface area contributed by atoms with Crippen LogP contribution in [0.15, 0.2) is 59.6 Å². The van der Waals surface area contributed by atoms with Crippen LogP contribution in [0.25, 0.3) is 0 Å². The van der Waals surface area contributed by atoms with Gasteiger partial charge in [0.1, 0.15) is 16.9 Å². The van der Waals surface area contributed by atoms with Gasteiger partial charge in [0.2, 0.25) is 0 Å². The van der Waals surface area contributed by atoms with Crippen molar-refractivity contribution in [2.75, 3.05) is 0 Å². The first-order valence-corrected chi connectivity index (χ1v) is 7.60. The molecule has 106 valence electrons. The van der Waals surface area contributed by atoms with Gasteiger partial charge in [0.15, 0.2) is 0 Å². The third-order valence-electron chi connectivity index (χ3n) is 3.71. The summed E-state index contributed by atoms with van der Waals surface area (Å²) in [6.45, 7) is 4.39. The minimum absolute atomic E-state index is 0.0685. The molecule has 1 unspecified atom stereocenters. The number of nitrogens with one attached hydrogen (secondary N) is 1. The fraction of sp³-hybridized carbons (Fsp3) is 0.222. The number of amidine groups is 1. The first kappa shape index (κ1) is 14.0. The van der Waals surface area contributed by atoms with Gasteiger partial charge in [-0.1, -0.05) is 80.7 Å². The van der Waals surface area contributed by atoms with Crippen molar-refractivity contribution in [3.8, 4) is 0 Å². The summed E-state index contributed by atoms with van der Waals surface area (Å²) in [4.78, 5) is 5.52. The Hall–Kier alpha value is -2.00. The lowest BCUT2D eigenvalue weighted by Crippen LogP contribution is -2.24. The van der Waals surface area contributed by atoms with Crippen molar-refractivity contribution in [3.63, 3.8) is 0 Å². The molecule has 0 aliphatic carbocycles. The predicted octanol–water partition coefficient (Wildman–Crippen LogP) is 4.23. The Morgan fingerprint density at radius 1 is 1.00 bits per heavy atom. The maximum atomic E-state index is 5.44. The van der Waals surface area contributed by atoms with Gasteiger partial charge in [-0.3, -0.25) is 4.99 Å². The van der Waals surface area contributed by atoms with Gasteiger partial charge in [-0.15, -0.1) is 0 Å². The van der Waals surface area contributed by atoms with E-state index in [-0.39, 0.29) is 6.04 Å². The molecule has 1 aliphatic rings. The van der Waals surface area contributed by atoms with Crippen LogP contribution < -0.4 is 5.32 Å². The SMILES string of the molecule is CC(C)c1ccc(C2=NC(c3ccccc3)C(=S)N2)cc1. The summed E-state index contributed by atoms with van der Waals surface area (Å²) >= 11 is 5.44. The van der Waals surface area contributed by atoms with Crippen LogP contribution in [0.3, 0.4) is 0 Å². The highest BCUT2D eigenvalue weighted by atomic mass is 32.1. The Morgan fingerprint density at radius 2 is 1.67 bits per heavy atom. The molecule has 0 aromatic heterocycles. The molecule has 2 aromatic rings. The van der Waals surface area contributed by atoms with Crippen LogP contribution >= 0.6 is 12.2 Å². The Morgan fingerprint density at radius 3 is 2.29 bits per heavy atom. The molecule has 0 radical (unpaired) electrons. The summed E-state index contributed by atoms with van der Waals surface area (Å²) in [5, 5.41) is 3.25. The lowest BCUT2D eigenvalue weighted by Gasteiger charge is -2.07. The zero-order valence-electron chi connectivity index (χ0n) is 12.2. The van der Waals surface area contributed by atoms with Crippen molar-refractivity contribution in [3.05, 3.63) is 71.3 Å². The normalized spacial score (nSPS) is 17.8. The van der Waals surface area contributed by atoms with E-state index in [2.05, 4.69) is 55.6 Å². The monoisotopic (exact) mass is 294 g/mol. The highest BCUT2D eigenvalue weighted by molar-refractivity contribution is 7.80. The molecule has 2 nitrogen and oxygen atoms in total. The van der Waals surface area contributed by atoms with E-state index >= 15 is 0 Å². The maximum absolute atomic E-state index is 5.44. The number of hydrogen-bond acceptors (Lipinski definition) is 2. The van der Waals surface area contributed by atoms with Crippen molar-refractivity contribution in [1.29, 1.82) is 0 Å². The highest BCUT2D eigenvalue weighted by Crippen LogP contribution is 2.24. The van der Waals surface area contributed by atoms with Crippen LogP contribution in [0.1, 0.15) is 42.5 Å². The maximum Gasteiger partial charge on any atom is 0.134 e. The second-order valence-electron chi connectivity index (χ2n) is 5.56. The van der Waals surface area contributed by atoms with Crippen molar-refractivity contribution in [2.45, 2.75) is 25.8 Å². The highest BCUT2D eigenvalue weighted by Gasteiger charge is 2.24. The fourth-order valence-electron chi connectivity index (χ4n) is 2.44. The molecule has 21 heavy (non-hydrogen) atoms. The number of hydrogen-bond donors (Lipinski definition) is 1. The molecular formula is C18H18N2S. The smallest absolute Gasteiger partial charge is 0.134 e. The van der Waals surface area contributed by atoms with Gasteiger partial charge < -0.3 is 5.32 Å². The minimum Gasteiger partial charge on any atom is -0.332 e. The van der Waals surface area contributed by atoms with E-state index in [0.29, 0.717) is 5.92 Å². The Labute approximate surface area is 130 Å². The molecule has 0 saturated carbocycles. The third-order valence-corrected chi connectivity index (χ3v) is 4.04. The zero-order valence-corrected chi connectivity index (χ0v) is 13.0. The molecule has 1 atom stereocenters. The summed E-state index contributed by atoms with van der Waals surface area (Å²) in [6, 6.07) is 18.6. The summed E-state index contributed by atoms with van der Waals surface area (Å²) in [5.74, 6) is 1.40. The van der Waals surface area contributed by atoms with E-state index in [1.54, 1.807) is 0 Å². The Kier molecular flexibility index (Phi) is 3.84. The zero-order chi connectivity index (χ0) is 14.8. The lowest BCUT2D eigenvalue weighted by atomic mass is 10.0. The number of rotatable bonds is 3. The molecule has 1 N–H and O–H groups in total. The number of benzene rings is 2. The van der Waals surface area contributed by atoms with Crippen LogP contribution in [0.2, 0.25) is 0 Å². The van der Waals surface area contributed by atoms with Gasteiger partial charge in [-0.25, -0.2) is 0 Å². The van der Waals surface area contributed by atoms with Crippen molar-refractivity contribution < 1.29 is 0 Å². The quantitative estimate of drug-likeness (QED) is 0.857. The van der Waals surface area contributed by atoms with Gasteiger partial charge in [-0.05, 0) is 17.0 Å². The van der Waals surface area contributed by atoms with E-state index < -0.39 is 0 Å². The predicted molar refractivity (Wildman–Crippen MR) is 92.0 cm³/mol. The largest absolute Gasteiger partial charge is 0.332 e. The van der Waals surface area contributed by atoms with Crippen LogP contribution in [0.5, 0.6) is 0 Å². The number of aliphatic imine (C=N–C) groups is 1. The fourth-order valence-corrected chi connectivity index (χ4v) is 2.72. The summed E-state index contributed by atoms with van der Waals surface area (Å²) in [6.07, 6.45) is 0. The minimum atomic E-state index is -0.0685.